The van der Waals surface area contributed by atoms with E-state index < -0.39 is 0 Å². The maximum Gasteiger partial charge on any atom is 0.255 e. The summed E-state index contributed by atoms with van der Waals surface area (Å²) >= 11 is 6.02. The first kappa shape index (κ1) is 16.8. The number of ether oxygens (including phenoxy) is 1. The highest BCUT2D eigenvalue weighted by molar-refractivity contribution is 6.31. The number of amides is 1. The van der Waals surface area contributed by atoms with Crippen molar-refractivity contribution in [2.45, 2.75) is 0 Å². The molecule has 2 aromatic carbocycles. The molecular weight excluding hydrogens is 338 g/mol. The zero-order valence-electron chi connectivity index (χ0n) is 13.5. The molecule has 0 spiro atoms. The number of carbonyl (C=O) groups is 1. The molecule has 0 fully saturated rings. The van der Waals surface area contributed by atoms with Gasteiger partial charge in [-0.25, -0.2) is 4.98 Å². The van der Waals surface area contributed by atoms with Gasteiger partial charge in [0.05, 0.1) is 24.7 Å². The Labute approximate surface area is 150 Å². The van der Waals surface area contributed by atoms with Gasteiger partial charge in [-0.05, 0) is 42.5 Å². The Kier molecular flexibility index (Phi) is 5.16. The smallest absolute Gasteiger partial charge is 0.255 e. The predicted octanol–water partition coefficient (Wildman–Crippen LogP) is 4.74. The van der Waals surface area contributed by atoms with Crippen LogP contribution in [0.25, 0.3) is 0 Å². The van der Waals surface area contributed by atoms with Crippen LogP contribution in [-0.4, -0.2) is 18.0 Å². The molecule has 1 amide bonds. The van der Waals surface area contributed by atoms with Crippen molar-refractivity contribution in [1.29, 1.82) is 0 Å². The van der Waals surface area contributed by atoms with E-state index in [9.17, 15) is 4.79 Å². The van der Waals surface area contributed by atoms with Crippen molar-refractivity contribution in [3.8, 4) is 5.75 Å². The van der Waals surface area contributed by atoms with Crippen molar-refractivity contribution >= 4 is 34.7 Å². The van der Waals surface area contributed by atoms with Gasteiger partial charge in [-0.3, -0.25) is 4.79 Å². The predicted molar refractivity (Wildman–Crippen MR) is 99.9 cm³/mol. The quantitative estimate of drug-likeness (QED) is 0.695. The Morgan fingerprint density at radius 1 is 1.08 bits per heavy atom. The summed E-state index contributed by atoms with van der Waals surface area (Å²) in [5.41, 5.74) is 1.91. The summed E-state index contributed by atoms with van der Waals surface area (Å²) in [7, 11) is 1.59. The SMILES string of the molecule is COc1ccc(Cl)cc1Nc1ccc(NC(=O)c2ccccc2)cn1. The molecule has 0 radical (unpaired) electrons. The zero-order chi connectivity index (χ0) is 17.6. The second kappa shape index (κ2) is 7.68. The van der Waals surface area contributed by atoms with Crippen LogP contribution in [0.2, 0.25) is 5.02 Å². The Balaban J connectivity index is 1.70. The molecule has 1 aromatic heterocycles. The molecule has 0 saturated carbocycles. The molecule has 0 atom stereocenters. The van der Waals surface area contributed by atoms with E-state index in [2.05, 4.69) is 15.6 Å². The number of hydrogen-bond acceptors (Lipinski definition) is 4. The van der Waals surface area contributed by atoms with Crippen LogP contribution < -0.4 is 15.4 Å². The molecule has 6 heteroatoms. The highest BCUT2D eigenvalue weighted by atomic mass is 35.5. The molecule has 0 aliphatic rings. The number of nitrogens with zero attached hydrogens (tertiary/aromatic N) is 1. The fraction of sp³-hybridized carbons (Fsp3) is 0.0526. The van der Waals surface area contributed by atoms with Crippen molar-refractivity contribution in [2.75, 3.05) is 17.7 Å². The number of halogens is 1. The Bertz CT molecular complexity index is 868. The van der Waals surface area contributed by atoms with E-state index in [0.29, 0.717) is 33.5 Å². The molecule has 1 heterocycles. The van der Waals surface area contributed by atoms with Gasteiger partial charge >= 0.3 is 0 Å². The van der Waals surface area contributed by atoms with Gasteiger partial charge in [0, 0.05) is 10.6 Å². The van der Waals surface area contributed by atoms with Crippen LogP contribution in [0.15, 0.2) is 66.9 Å². The Morgan fingerprint density at radius 3 is 2.56 bits per heavy atom. The fourth-order valence-electron chi connectivity index (χ4n) is 2.25. The van der Waals surface area contributed by atoms with Crippen LogP contribution in [0.5, 0.6) is 5.75 Å². The van der Waals surface area contributed by atoms with Crippen molar-refractivity contribution in [3.05, 3.63) is 77.4 Å². The number of rotatable bonds is 5. The highest BCUT2D eigenvalue weighted by Gasteiger charge is 2.07. The van der Waals surface area contributed by atoms with Crippen molar-refractivity contribution < 1.29 is 9.53 Å². The molecule has 3 rings (SSSR count). The van der Waals surface area contributed by atoms with E-state index >= 15 is 0 Å². The van der Waals surface area contributed by atoms with Crippen LogP contribution in [0.1, 0.15) is 10.4 Å². The van der Waals surface area contributed by atoms with E-state index in [1.807, 2.05) is 18.2 Å². The molecule has 0 aliphatic heterocycles. The lowest BCUT2D eigenvalue weighted by molar-refractivity contribution is 0.102. The number of nitrogens with one attached hydrogen (secondary N) is 2. The van der Waals surface area contributed by atoms with Crippen molar-refractivity contribution in [2.24, 2.45) is 0 Å². The zero-order valence-corrected chi connectivity index (χ0v) is 14.2. The summed E-state index contributed by atoms with van der Waals surface area (Å²) in [4.78, 5) is 16.4. The van der Waals surface area contributed by atoms with Crippen LogP contribution >= 0.6 is 11.6 Å². The summed E-state index contributed by atoms with van der Waals surface area (Å²) in [6.45, 7) is 0. The second-order valence-corrected chi connectivity index (χ2v) is 5.66. The van der Waals surface area contributed by atoms with Gasteiger partial charge in [0.1, 0.15) is 11.6 Å². The standard InChI is InChI=1S/C19H16ClN3O2/c1-25-17-9-7-14(20)11-16(17)23-18-10-8-15(12-21-18)22-19(24)13-5-3-2-4-6-13/h2-12H,1H3,(H,21,23)(H,22,24). The summed E-state index contributed by atoms with van der Waals surface area (Å²) < 4.78 is 5.29. The van der Waals surface area contributed by atoms with E-state index in [1.54, 1.807) is 55.8 Å². The van der Waals surface area contributed by atoms with Gasteiger partial charge in [-0.2, -0.15) is 0 Å². The number of benzene rings is 2. The molecule has 5 nitrogen and oxygen atoms in total. The van der Waals surface area contributed by atoms with Gasteiger partial charge in [0.25, 0.3) is 5.91 Å². The number of hydrogen-bond donors (Lipinski definition) is 2. The maximum atomic E-state index is 12.1. The average molecular weight is 354 g/mol. The lowest BCUT2D eigenvalue weighted by atomic mass is 10.2. The molecule has 0 saturated heterocycles. The van der Waals surface area contributed by atoms with Crippen LogP contribution in [0.3, 0.4) is 0 Å². The summed E-state index contributed by atoms with van der Waals surface area (Å²) in [5, 5.41) is 6.54. The third-order valence-corrected chi connectivity index (χ3v) is 3.72. The molecule has 0 aliphatic carbocycles. The maximum absolute atomic E-state index is 12.1. The largest absolute Gasteiger partial charge is 0.495 e. The first-order valence-electron chi connectivity index (χ1n) is 7.59. The van der Waals surface area contributed by atoms with Crippen LogP contribution in [-0.2, 0) is 0 Å². The minimum absolute atomic E-state index is 0.181. The van der Waals surface area contributed by atoms with E-state index in [0.717, 1.165) is 0 Å². The highest BCUT2D eigenvalue weighted by Crippen LogP contribution is 2.30. The Hall–Kier alpha value is -3.05. The first-order chi connectivity index (χ1) is 12.2. The van der Waals surface area contributed by atoms with Crippen molar-refractivity contribution in [1.82, 2.24) is 4.98 Å². The molecular formula is C19H16ClN3O2. The molecule has 3 aromatic rings. The van der Waals surface area contributed by atoms with Crippen molar-refractivity contribution in [3.63, 3.8) is 0 Å². The normalized spacial score (nSPS) is 10.2. The average Bonchev–Trinajstić information content (AvgIpc) is 2.64. The number of carbonyl (C=O) groups excluding carboxylic acids is 1. The summed E-state index contributed by atoms with van der Waals surface area (Å²) in [6, 6.07) is 17.8. The number of aromatic nitrogens is 1. The van der Waals surface area contributed by atoms with Gasteiger partial charge in [0.15, 0.2) is 0 Å². The second-order valence-electron chi connectivity index (χ2n) is 5.22. The van der Waals surface area contributed by atoms with E-state index in [1.165, 1.54) is 0 Å². The lowest BCUT2D eigenvalue weighted by Gasteiger charge is -2.11. The van der Waals surface area contributed by atoms with Gasteiger partial charge in [-0.1, -0.05) is 29.8 Å². The monoisotopic (exact) mass is 353 g/mol. The lowest BCUT2D eigenvalue weighted by Crippen LogP contribution is -2.11. The van der Waals surface area contributed by atoms with E-state index in [4.69, 9.17) is 16.3 Å². The number of pyridine rings is 1. The Morgan fingerprint density at radius 2 is 1.88 bits per heavy atom. The minimum Gasteiger partial charge on any atom is -0.495 e. The molecule has 126 valence electrons. The number of anilines is 3. The minimum atomic E-state index is -0.181. The van der Waals surface area contributed by atoms with Crippen LogP contribution in [0, 0.1) is 0 Å². The van der Waals surface area contributed by atoms with Crippen LogP contribution in [0.4, 0.5) is 17.2 Å². The van der Waals surface area contributed by atoms with E-state index in [-0.39, 0.29) is 5.91 Å². The third-order valence-electron chi connectivity index (χ3n) is 3.48. The summed E-state index contributed by atoms with van der Waals surface area (Å²) in [6.07, 6.45) is 1.58. The third kappa shape index (κ3) is 4.28. The molecule has 25 heavy (non-hydrogen) atoms. The molecule has 0 unspecified atom stereocenters. The molecule has 0 bridgehead atoms. The van der Waals surface area contributed by atoms with Gasteiger partial charge in [-0.15, -0.1) is 0 Å². The molecule has 2 N–H and O–H groups in total. The fourth-order valence-corrected chi connectivity index (χ4v) is 2.42. The summed E-state index contributed by atoms with van der Waals surface area (Å²) in [5.74, 6) is 1.09. The first-order valence-corrected chi connectivity index (χ1v) is 7.96. The number of methoxy groups -OCH3 is 1. The van der Waals surface area contributed by atoms with Gasteiger partial charge < -0.3 is 15.4 Å². The van der Waals surface area contributed by atoms with Gasteiger partial charge in [0.2, 0.25) is 0 Å². The topological polar surface area (TPSA) is 63.2 Å².